The molecule has 2 amide bonds. The van der Waals surface area contributed by atoms with Crippen molar-refractivity contribution in [2.24, 2.45) is 11.8 Å². The van der Waals surface area contributed by atoms with Gasteiger partial charge in [-0.2, -0.15) is 0 Å². The highest BCUT2D eigenvalue weighted by molar-refractivity contribution is 6.10. The van der Waals surface area contributed by atoms with Gasteiger partial charge in [-0.3, -0.25) is 14.4 Å². The van der Waals surface area contributed by atoms with Crippen molar-refractivity contribution in [1.82, 2.24) is 0 Å². The fourth-order valence-corrected chi connectivity index (χ4v) is 6.42. The fourth-order valence-electron chi connectivity index (χ4n) is 6.42. The van der Waals surface area contributed by atoms with E-state index in [1.54, 1.807) is 36.4 Å². The van der Waals surface area contributed by atoms with E-state index in [9.17, 15) is 19.5 Å². The smallest absolute Gasteiger partial charge is 0.235 e. The van der Waals surface area contributed by atoms with Gasteiger partial charge in [0.05, 0.1) is 18.1 Å². The minimum absolute atomic E-state index is 0.306. The largest absolute Gasteiger partial charge is 0.490 e. The van der Waals surface area contributed by atoms with E-state index in [2.05, 4.69) is 10.6 Å². The molecule has 4 atom stereocenters. The summed E-state index contributed by atoms with van der Waals surface area (Å²) in [7, 11) is 0. The number of rotatable bonds is 10. The summed E-state index contributed by atoms with van der Waals surface area (Å²) in [6.45, 7) is 9.73. The molecular formula is C39H42N2O6. The van der Waals surface area contributed by atoms with Crippen molar-refractivity contribution in [3.05, 3.63) is 119 Å². The zero-order valence-corrected chi connectivity index (χ0v) is 27.5. The van der Waals surface area contributed by atoms with Crippen LogP contribution in [0.5, 0.6) is 11.5 Å². The molecule has 8 nitrogen and oxygen atoms in total. The maximum Gasteiger partial charge on any atom is 0.235 e. The lowest BCUT2D eigenvalue weighted by Gasteiger charge is -2.44. The number of aliphatic hydroxyl groups is 1. The van der Waals surface area contributed by atoms with E-state index >= 15 is 0 Å². The third kappa shape index (κ3) is 7.55. The molecule has 0 spiro atoms. The minimum Gasteiger partial charge on any atom is -0.490 e. The van der Waals surface area contributed by atoms with Gasteiger partial charge >= 0.3 is 0 Å². The highest BCUT2D eigenvalue weighted by Gasteiger charge is 2.56. The number of hydrogen-bond donors (Lipinski definition) is 3. The summed E-state index contributed by atoms with van der Waals surface area (Å²) in [5, 5.41) is 17.7. The number of carbonyl (C=O) groups excluding carboxylic acids is 3. The monoisotopic (exact) mass is 634 g/mol. The lowest BCUT2D eigenvalue weighted by atomic mass is 9.61. The zero-order chi connectivity index (χ0) is 33.7. The van der Waals surface area contributed by atoms with Crippen molar-refractivity contribution in [3.63, 3.8) is 0 Å². The van der Waals surface area contributed by atoms with Gasteiger partial charge in [0.2, 0.25) is 11.8 Å². The number of aryl methyl sites for hydroxylation is 3. The standard InChI is InChI=1S/C39H42N2O6/c1-6-46-33-21-28(18-19-32(33)47-23-27-15-11-12-24(2)20-27)34-35(37(43)40-29-16-9-7-13-25(29)3)31(42)22-39(5,45)36(34)38(44)41-30-17-10-8-14-26(30)4/h7-21,34-36,45H,6,22-23H2,1-5H3,(H,40,43)(H,41,44). The van der Waals surface area contributed by atoms with Crippen LogP contribution in [0.15, 0.2) is 91.0 Å². The van der Waals surface area contributed by atoms with Gasteiger partial charge in [0.15, 0.2) is 11.5 Å². The number of anilines is 2. The van der Waals surface area contributed by atoms with E-state index < -0.39 is 41.0 Å². The van der Waals surface area contributed by atoms with Crippen LogP contribution in [0.4, 0.5) is 11.4 Å². The third-order valence-corrected chi connectivity index (χ3v) is 8.77. The molecular weight excluding hydrogens is 592 g/mol. The summed E-state index contributed by atoms with van der Waals surface area (Å²) in [5.41, 5.74) is 3.68. The molecule has 1 aliphatic carbocycles. The van der Waals surface area contributed by atoms with Gasteiger partial charge in [-0.25, -0.2) is 0 Å². The Hall–Kier alpha value is -4.95. The highest BCUT2D eigenvalue weighted by Crippen LogP contribution is 2.48. The zero-order valence-electron chi connectivity index (χ0n) is 27.5. The van der Waals surface area contributed by atoms with Crippen LogP contribution in [0.25, 0.3) is 0 Å². The molecule has 4 unspecified atom stereocenters. The summed E-state index contributed by atoms with van der Waals surface area (Å²) in [4.78, 5) is 42.1. The van der Waals surface area contributed by atoms with E-state index in [1.807, 2.05) is 82.3 Å². The maximum absolute atomic E-state index is 14.2. The predicted octanol–water partition coefficient (Wildman–Crippen LogP) is 6.91. The quantitative estimate of drug-likeness (QED) is 0.164. The van der Waals surface area contributed by atoms with Gasteiger partial charge in [0, 0.05) is 23.7 Å². The van der Waals surface area contributed by atoms with Crippen LogP contribution in [0.2, 0.25) is 0 Å². The number of nitrogens with one attached hydrogen (secondary N) is 2. The second-order valence-electron chi connectivity index (χ2n) is 12.5. The molecule has 1 fully saturated rings. The average Bonchev–Trinajstić information content (AvgIpc) is 3.02. The number of para-hydroxylation sites is 2. The number of amides is 2. The Kier molecular flexibility index (Phi) is 10.1. The lowest BCUT2D eigenvalue weighted by molar-refractivity contribution is -0.150. The van der Waals surface area contributed by atoms with E-state index in [1.165, 1.54) is 6.92 Å². The van der Waals surface area contributed by atoms with Gasteiger partial charge in [-0.1, -0.05) is 72.3 Å². The van der Waals surface area contributed by atoms with Crippen molar-refractivity contribution >= 4 is 29.0 Å². The highest BCUT2D eigenvalue weighted by atomic mass is 16.5. The number of ether oxygens (including phenoxy) is 2. The summed E-state index contributed by atoms with van der Waals surface area (Å²) >= 11 is 0. The van der Waals surface area contributed by atoms with Crippen molar-refractivity contribution < 1.29 is 29.0 Å². The van der Waals surface area contributed by atoms with E-state index in [4.69, 9.17) is 9.47 Å². The Morgan fingerprint density at radius 3 is 2.06 bits per heavy atom. The molecule has 1 saturated carbocycles. The SMILES string of the molecule is CCOc1cc(C2C(C(=O)Nc3ccccc3C)C(=O)CC(C)(O)C2C(=O)Nc2ccccc2C)ccc1OCc1cccc(C)c1. The molecule has 1 aliphatic rings. The molecule has 0 radical (unpaired) electrons. The van der Waals surface area contributed by atoms with Crippen molar-refractivity contribution in [3.8, 4) is 11.5 Å². The Bertz CT molecular complexity index is 1780. The maximum atomic E-state index is 14.2. The van der Waals surface area contributed by atoms with Crippen LogP contribution in [0.3, 0.4) is 0 Å². The Morgan fingerprint density at radius 2 is 1.45 bits per heavy atom. The molecule has 3 N–H and O–H groups in total. The van der Waals surface area contributed by atoms with Crippen LogP contribution in [-0.2, 0) is 21.0 Å². The summed E-state index contributed by atoms with van der Waals surface area (Å²) in [6, 6.07) is 27.8. The number of hydrogen-bond acceptors (Lipinski definition) is 6. The van der Waals surface area contributed by atoms with Crippen molar-refractivity contribution in [2.75, 3.05) is 17.2 Å². The Labute approximate surface area is 276 Å². The number of ketones is 1. The molecule has 0 heterocycles. The molecule has 0 saturated heterocycles. The summed E-state index contributed by atoms with van der Waals surface area (Å²) in [5.74, 6) is -4.06. The first kappa shape index (κ1) is 33.4. The first-order chi connectivity index (χ1) is 22.5. The molecule has 8 heteroatoms. The van der Waals surface area contributed by atoms with Gasteiger partial charge in [-0.05, 0) is 81.1 Å². The molecule has 47 heavy (non-hydrogen) atoms. The molecule has 4 aromatic carbocycles. The Morgan fingerprint density at radius 1 is 0.809 bits per heavy atom. The van der Waals surface area contributed by atoms with Crippen LogP contribution in [-0.4, -0.2) is 34.9 Å². The van der Waals surface area contributed by atoms with E-state index in [0.717, 1.165) is 22.3 Å². The summed E-state index contributed by atoms with van der Waals surface area (Å²) < 4.78 is 12.2. The second kappa shape index (κ2) is 14.2. The van der Waals surface area contributed by atoms with E-state index in [0.29, 0.717) is 41.7 Å². The fraction of sp³-hybridized carbons (Fsp3) is 0.308. The lowest BCUT2D eigenvalue weighted by Crippen LogP contribution is -2.56. The summed E-state index contributed by atoms with van der Waals surface area (Å²) in [6.07, 6.45) is -0.364. The first-order valence-electron chi connectivity index (χ1n) is 15.9. The molecule has 5 rings (SSSR count). The van der Waals surface area contributed by atoms with Crippen molar-refractivity contribution in [2.45, 2.75) is 59.2 Å². The molecule has 244 valence electrons. The van der Waals surface area contributed by atoms with Crippen LogP contribution in [0.1, 0.15) is 54.0 Å². The van der Waals surface area contributed by atoms with Gasteiger partial charge in [-0.15, -0.1) is 0 Å². The number of carbonyl (C=O) groups is 3. The minimum atomic E-state index is -1.75. The van der Waals surface area contributed by atoms with E-state index in [-0.39, 0.29) is 6.42 Å². The second-order valence-corrected chi connectivity index (χ2v) is 12.5. The van der Waals surface area contributed by atoms with Gasteiger partial charge < -0.3 is 25.2 Å². The molecule has 0 aliphatic heterocycles. The number of benzene rings is 4. The predicted molar refractivity (Wildman–Crippen MR) is 183 cm³/mol. The molecule has 0 bridgehead atoms. The van der Waals surface area contributed by atoms with Crippen molar-refractivity contribution in [1.29, 1.82) is 0 Å². The van der Waals surface area contributed by atoms with Crippen LogP contribution >= 0.6 is 0 Å². The van der Waals surface area contributed by atoms with Gasteiger partial charge in [0.1, 0.15) is 18.3 Å². The number of Topliss-reactive ketones (excluding diaryl/α,β-unsaturated/α-hetero) is 1. The average molecular weight is 635 g/mol. The van der Waals surface area contributed by atoms with Crippen LogP contribution in [0, 0.1) is 32.6 Å². The molecule has 4 aromatic rings. The normalized spacial score (nSPS) is 20.7. The first-order valence-corrected chi connectivity index (χ1v) is 15.9. The Balaban J connectivity index is 1.58. The third-order valence-electron chi connectivity index (χ3n) is 8.77. The molecule has 0 aromatic heterocycles. The topological polar surface area (TPSA) is 114 Å². The van der Waals surface area contributed by atoms with Crippen LogP contribution < -0.4 is 20.1 Å². The van der Waals surface area contributed by atoms with Gasteiger partial charge in [0.25, 0.3) is 0 Å².